The molecule has 0 fully saturated rings. The van der Waals surface area contributed by atoms with E-state index < -0.39 is 0 Å². The molecule has 66 valence electrons. The van der Waals surface area contributed by atoms with Crippen molar-refractivity contribution in [3.63, 3.8) is 0 Å². The second-order valence-corrected chi connectivity index (χ2v) is 2.64. The number of rotatable bonds is 2. The Morgan fingerprint density at radius 2 is 1.92 bits per heavy atom. The van der Waals surface area contributed by atoms with Crippen LogP contribution in [0.4, 0.5) is 5.69 Å². The maximum absolute atomic E-state index is 5.83. The first kappa shape index (κ1) is 9.00. The van der Waals surface area contributed by atoms with Gasteiger partial charge in [-0.15, -0.1) is 0 Å². The molecule has 0 saturated carbocycles. The van der Waals surface area contributed by atoms with Crippen molar-refractivity contribution in [2.75, 3.05) is 20.0 Å². The van der Waals surface area contributed by atoms with E-state index in [4.69, 9.17) is 26.8 Å². The lowest BCUT2D eigenvalue weighted by Gasteiger charge is -2.08. The van der Waals surface area contributed by atoms with Crippen LogP contribution in [0.25, 0.3) is 0 Å². The highest BCUT2D eigenvalue weighted by molar-refractivity contribution is 6.32. The number of anilines is 1. The number of nitrogens with two attached hydrogens (primary N) is 1. The van der Waals surface area contributed by atoms with Crippen LogP contribution >= 0.6 is 11.6 Å². The normalized spacial score (nSPS) is 9.58. The summed E-state index contributed by atoms with van der Waals surface area (Å²) in [5.74, 6) is 1.11. The van der Waals surface area contributed by atoms with Gasteiger partial charge in [0.15, 0.2) is 5.75 Å². The van der Waals surface area contributed by atoms with Gasteiger partial charge < -0.3 is 15.2 Å². The van der Waals surface area contributed by atoms with Crippen LogP contribution < -0.4 is 15.2 Å². The molecule has 0 aliphatic heterocycles. The first-order chi connectivity index (χ1) is 5.69. The van der Waals surface area contributed by atoms with E-state index in [1.165, 1.54) is 7.11 Å². The van der Waals surface area contributed by atoms with Crippen molar-refractivity contribution in [1.29, 1.82) is 0 Å². The van der Waals surface area contributed by atoms with Crippen LogP contribution in [0, 0.1) is 0 Å². The largest absolute Gasteiger partial charge is 0.497 e. The van der Waals surface area contributed by atoms with E-state index in [9.17, 15) is 0 Å². The highest BCUT2D eigenvalue weighted by atomic mass is 35.5. The molecule has 1 rings (SSSR count). The van der Waals surface area contributed by atoms with Crippen LogP contribution in [-0.4, -0.2) is 14.2 Å². The molecule has 4 heteroatoms. The van der Waals surface area contributed by atoms with E-state index >= 15 is 0 Å². The van der Waals surface area contributed by atoms with E-state index in [1.54, 1.807) is 19.2 Å². The summed E-state index contributed by atoms with van der Waals surface area (Å²) in [5, 5.41) is 0.453. The van der Waals surface area contributed by atoms with Crippen molar-refractivity contribution in [3.8, 4) is 11.5 Å². The number of hydrogen-bond donors (Lipinski definition) is 1. The Morgan fingerprint density at radius 1 is 1.25 bits per heavy atom. The second kappa shape index (κ2) is 3.54. The van der Waals surface area contributed by atoms with Crippen molar-refractivity contribution in [3.05, 3.63) is 17.2 Å². The number of nitrogen functional groups attached to an aromatic ring is 1. The molecular weight excluding hydrogens is 178 g/mol. The number of hydrogen-bond acceptors (Lipinski definition) is 3. The van der Waals surface area contributed by atoms with Gasteiger partial charge in [0.1, 0.15) is 5.75 Å². The van der Waals surface area contributed by atoms with E-state index in [2.05, 4.69) is 0 Å². The fourth-order valence-corrected chi connectivity index (χ4v) is 1.22. The molecule has 0 radical (unpaired) electrons. The predicted molar refractivity (Wildman–Crippen MR) is 49.0 cm³/mol. The predicted octanol–water partition coefficient (Wildman–Crippen LogP) is 1.94. The standard InChI is InChI=1S/C8H10ClNO2/c1-11-5-3-6(9)8(12-2)7(10)4-5/h3-4H,10H2,1-2H3. The Hall–Kier alpha value is -1.09. The van der Waals surface area contributed by atoms with E-state index in [0.29, 0.717) is 22.2 Å². The van der Waals surface area contributed by atoms with Crippen LogP contribution in [0.2, 0.25) is 5.02 Å². The van der Waals surface area contributed by atoms with Crippen molar-refractivity contribution < 1.29 is 9.47 Å². The second-order valence-electron chi connectivity index (χ2n) is 2.23. The molecule has 0 spiro atoms. The van der Waals surface area contributed by atoms with Gasteiger partial charge in [-0.2, -0.15) is 0 Å². The maximum Gasteiger partial charge on any atom is 0.160 e. The van der Waals surface area contributed by atoms with Gasteiger partial charge in [-0.25, -0.2) is 0 Å². The molecular formula is C8H10ClNO2. The molecule has 0 bridgehead atoms. The molecule has 0 unspecified atom stereocenters. The Labute approximate surface area is 76.0 Å². The fourth-order valence-electron chi connectivity index (χ4n) is 0.922. The minimum Gasteiger partial charge on any atom is -0.497 e. The SMILES string of the molecule is COc1cc(N)c(OC)c(Cl)c1. The first-order valence-corrected chi connectivity index (χ1v) is 3.74. The topological polar surface area (TPSA) is 44.5 Å². The third-order valence-electron chi connectivity index (χ3n) is 1.49. The summed E-state index contributed by atoms with van der Waals surface area (Å²) < 4.78 is 9.92. The van der Waals surface area contributed by atoms with E-state index in [0.717, 1.165) is 0 Å². The summed E-state index contributed by atoms with van der Waals surface area (Å²) in [7, 11) is 3.07. The number of benzene rings is 1. The Balaban J connectivity index is 3.18. The van der Waals surface area contributed by atoms with Crippen molar-refractivity contribution >= 4 is 17.3 Å². The minimum atomic E-state index is 0.453. The molecule has 0 saturated heterocycles. The Bertz CT molecular complexity index is 265. The zero-order valence-electron chi connectivity index (χ0n) is 6.93. The van der Waals surface area contributed by atoms with Crippen LogP contribution in [0.1, 0.15) is 0 Å². The smallest absolute Gasteiger partial charge is 0.160 e. The summed E-state index contributed by atoms with van der Waals surface area (Å²) in [6.45, 7) is 0. The lowest BCUT2D eigenvalue weighted by atomic mass is 10.3. The van der Waals surface area contributed by atoms with Crippen molar-refractivity contribution in [2.45, 2.75) is 0 Å². The van der Waals surface area contributed by atoms with Gasteiger partial charge in [-0.05, 0) is 0 Å². The molecule has 12 heavy (non-hydrogen) atoms. The Morgan fingerprint density at radius 3 is 2.33 bits per heavy atom. The first-order valence-electron chi connectivity index (χ1n) is 3.36. The lowest BCUT2D eigenvalue weighted by molar-refractivity contribution is 0.405. The third kappa shape index (κ3) is 1.56. The summed E-state index contributed by atoms with van der Waals surface area (Å²) in [4.78, 5) is 0. The van der Waals surface area contributed by atoms with E-state index in [-0.39, 0.29) is 0 Å². The van der Waals surface area contributed by atoms with Crippen LogP contribution in [0.5, 0.6) is 11.5 Å². The summed E-state index contributed by atoms with van der Waals surface area (Å²) in [6, 6.07) is 3.31. The fraction of sp³-hybridized carbons (Fsp3) is 0.250. The molecule has 0 aliphatic rings. The number of halogens is 1. The maximum atomic E-state index is 5.83. The number of ether oxygens (including phenoxy) is 2. The van der Waals surface area contributed by atoms with Crippen LogP contribution in [0.3, 0.4) is 0 Å². The van der Waals surface area contributed by atoms with Gasteiger partial charge in [0.2, 0.25) is 0 Å². The molecule has 0 aliphatic carbocycles. The highest BCUT2D eigenvalue weighted by Gasteiger charge is 2.06. The molecule has 2 N–H and O–H groups in total. The number of methoxy groups -OCH3 is 2. The van der Waals surface area contributed by atoms with Gasteiger partial charge in [-0.1, -0.05) is 11.6 Å². The molecule has 0 atom stereocenters. The van der Waals surface area contributed by atoms with Gasteiger partial charge >= 0.3 is 0 Å². The molecule has 1 aromatic carbocycles. The zero-order chi connectivity index (χ0) is 9.14. The third-order valence-corrected chi connectivity index (χ3v) is 1.77. The zero-order valence-corrected chi connectivity index (χ0v) is 7.68. The molecule has 0 amide bonds. The van der Waals surface area contributed by atoms with Gasteiger partial charge in [0.25, 0.3) is 0 Å². The minimum absolute atomic E-state index is 0.453. The Kier molecular flexibility index (Phi) is 2.65. The van der Waals surface area contributed by atoms with Crippen molar-refractivity contribution in [2.24, 2.45) is 0 Å². The summed E-state index contributed by atoms with van der Waals surface area (Å²) in [6.07, 6.45) is 0. The average Bonchev–Trinajstić information content (AvgIpc) is 2.03. The highest BCUT2D eigenvalue weighted by Crippen LogP contribution is 2.34. The monoisotopic (exact) mass is 187 g/mol. The summed E-state index contributed by atoms with van der Waals surface area (Å²) in [5.41, 5.74) is 6.09. The molecule has 0 heterocycles. The van der Waals surface area contributed by atoms with E-state index in [1.807, 2.05) is 0 Å². The van der Waals surface area contributed by atoms with Crippen molar-refractivity contribution in [1.82, 2.24) is 0 Å². The van der Waals surface area contributed by atoms with Crippen LogP contribution in [0.15, 0.2) is 12.1 Å². The molecule has 0 aromatic heterocycles. The van der Waals surface area contributed by atoms with Gasteiger partial charge in [0, 0.05) is 12.1 Å². The summed E-state index contributed by atoms with van der Waals surface area (Å²) >= 11 is 5.83. The average molecular weight is 188 g/mol. The molecule has 1 aromatic rings. The molecule has 3 nitrogen and oxygen atoms in total. The van der Waals surface area contributed by atoms with Gasteiger partial charge in [0.05, 0.1) is 24.9 Å². The quantitative estimate of drug-likeness (QED) is 0.720. The van der Waals surface area contributed by atoms with Gasteiger partial charge in [-0.3, -0.25) is 0 Å². The lowest BCUT2D eigenvalue weighted by Crippen LogP contribution is -1.94. The van der Waals surface area contributed by atoms with Crippen LogP contribution in [-0.2, 0) is 0 Å².